The predicted molar refractivity (Wildman–Crippen MR) is 111 cm³/mol. The van der Waals surface area contributed by atoms with Gasteiger partial charge in [0.05, 0.1) is 5.56 Å². The van der Waals surface area contributed by atoms with Crippen LogP contribution in [0.5, 0.6) is 0 Å². The van der Waals surface area contributed by atoms with Crippen LogP contribution < -0.4 is 16.0 Å². The lowest BCUT2D eigenvalue weighted by Gasteiger charge is -2.19. The Labute approximate surface area is 173 Å². The first-order valence-electron chi connectivity index (χ1n) is 10.5. The van der Waals surface area contributed by atoms with Gasteiger partial charge in [0.15, 0.2) is 6.10 Å². The maximum atomic E-state index is 12.3. The van der Waals surface area contributed by atoms with E-state index in [1.165, 1.54) is 12.8 Å². The van der Waals surface area contributed by atoms with Crippen LogP contribution >= 0.6 is 0 Å². The number of nitrogens with one attached hydrogen (secondary N) is 3. The second-order valence-corrected chi connectivity index (χ2v) is 7.92. The lowest BCUT2D eigenvalue weighted by molar-refractivity contribution is -0.129. The van der Waals surface area contributed by atoms with E-state index >= 15 is 0 Å². The third-order valence-electron chi connectivity index (χ3n) is 4.92. The van der Waals surface area contributed by atoms with Crippen LogP contribution in [0.1, 0.15) is 75.2 Å². The summed E-state index contributed by atoms with van der Waals surface area (Å²) in [6.45, 7) is 5.72. The molecule has 0 spiro atoms. The van der Waals surface area contributed by atoms with Crippen molar-refractivity contribution in [1.82, 2.24) is 16.0 Å². The van der Waals surface area contributed by atoms with Crippen LogP contribution in [0.4, 0.5) is 4.79 Å². The Morgan fingerprint density at radius 2 is 1.62 bits per heavy atom. The van der Waals surface area contributed by atoms with Gasteiger partial charge in [0.25, 0.3) is 5.91 Å². The Hall–Kier alpha value is -2.57. The fourth-order valence-corrected chi connectivity index (χ4v) is 3.28. The van der Waals surface area contributed by atoms with Crippen LogP contribution in [-0.2, 0) is 16.1 Å². The average molecular weight is 404 g/mol. The molecule has 7 nitrogen and oxygen atoms in total. The zero-order valence-corrected chi connectivity index (χ0v) is 17.6. The summed E-state index contributed by atoms with van der Waals surface area (Å²) in [4.78, 5) is 36.3. The first-order valence-corrected chi connectivity index (χ1v) is 10.5. The zero-order valence-electron chi connectivity index (χ0n) is 17.6. The summed E-state index contributed by atoms with van der Waals surface area (Å²) in [6, 6.07) is 6.77. The number of ether oxygens (including phenoxy) is 1. The van der Waals surface area contributed by atoms with E-state index in [0.29, 0.717) is 12.1 Å². The number of rotatable bonds is 7. The highest BCUT2D eigenvalue weighted by Crippen LogP contribution is 2.17. The summed E-state index contributed by atoms with van der Waals surface area (Å²) < 4.78 is 5.32. The molecule has 29 heavy (non-hydrogen) atoms. The number of carbonyl (C=O) groups excluding carboxylic acids is 3. The van der Waals surface area contributed by atoms with Gasteiger partial charge in [0, 0.05) is 18.6 Å². The molecule has 1 atom stereocenters. The Morgan fingerprint density at radius 3 is 2.21 bits per heavy atom. The van der Waals surface area contributed by atoms with Gasteiger partial charge in [-0.15, -0.1) is 0 Å². The highest BCUT2D eigenvalue weighted by atomic mass is 16.5. The largest absolute Gasteiger partial charge is 0.449 e. The van der Waals surface area contributed by atoms with Crippen molar-refractivity contribution >= 4 is 17.9 Å². The predicted octanol–water partition coefficient (Wildman–Crippen LogP) is 3.28. The molecule has 1 aliphatic carbocycles. The van der Waals surface area contributed by atoms with E-state index in [2.05, 4.69) is 16.0 Å². The number of amides is 3. The highest BCUT2D eigenvalue weighted by Gasteiger charge is 2.22. The van der Waals surface area contributed by atoms with Crippen LogP contribution in [0.25, 0.3) is 0 Å². The number of hydrogen-bond acceptors (Lipinski definition) is 4. The minimum absolute atomic E-state index is 0.0638. The molecular formula is C22H33N3O4. The molecule has 0 aromatic heterocycles. The Morgan fingerprint density at radius 1 is 1.00 bits per heavy atom. The summed E-state index contributed by atoms with van der Waals surface area (Å²) in [5, 5.41) is 8.50. The lowest BCUT2D eigenvalue weighted by atomic mass is 10.1. The van der Waals surface area contributed by atoms with Crippen LogP contribution in [0.15, 0.2) is 24.3 Å². The van der Waals surface area contributed by atoms with Crippen molar-refractivity contribution in [1.29, 1.82) is 0 Å². The van der Waals surface area contributed by atoms with Gasteiger partial charge < -0.3 is 20.7 Å². The standard InChI is InChI=1S/C22H33N3O4/c1-15(2)24-22(28)23-14-17-10-12-18(13-11-17)21(27)29-16(3)20(26)25-19-8-6-4-5-7-9-19/h10-13,15-16,19H,4-9,14H2,1-3H3,(H,25,26)(H2,23,24,28)/t16-/m1/s1. The Kier molecular flexibility index (Phi) is 8.96. The molecule has 1 saturated carbocycles. The zero-order chi connectivity index (χ0) is 21.2. The summed E-state index contributed by atoms with van der Waals surface area (Å²) in [5.74, 6) is -0.784. The van der Waals surface area contributed by atoms with Gasteiger partial charge in [-0.3, -0.25) is 4.79 Å². The first-order chi connectivity index (χ1) is 13.8. The number of hydrogen-bond donors (Lipinski definition) is 3. The van der Waals surface area contributed by atoms with Gasteiger partial charge in [-0.1, -0.05) is 37.8 Å². The molecule has 3 amide bonds. The molecule has 160 valence electrons. The first kappa shape index (κ1) is 22.7. The van der Waals surface area contributed by atoms with Crippen molar-refractivity contribution in [3.8, 4) is 0 Å². The Balaban J connectivity index is 1.80. The third kappa shape index (κ3) is 8.13. The maximum absolute atomic E-state index is 12.3. The molecule has 7 heteroatoms. The number of esters is 1. The average Bonchev–Trinajstić information content (AvgIpc) is 2.94. The molecule has 0 heterocycles. The molecule has 1 aliphatic rings. The van der Waals surface area contributed by atoms with E-state index in [-0.39, 0.29) is 24.0 Å². The monoisotopic (exact) mass is 403 g/mol. The van der Waals surface area contributed by atoms with Crippen LogP contribution in [0.2, 0.25) is 0 Å². The minimum Gasteiger partial charge on any atom is -0.449 e. The van der Waals surface area contributed by atoms with Gasteiger partial charge in [-0.2, -0.15) is 0 Å². The number of carbonyl (C=O) groups is 3. The lowest BCUT2D eigenvalue weighted by Crippen LogP contribution is -2.41. The van der Waals surface area contributed by atoms with E-state index in [0.717, 1.165) is 31.2 Å². The molecule has 1 fully saturated rings. The topological polar surface area (TPSA) is 96.5 Å². The molecule has 2 rings (SSSR count). The molecular weight excluding hydrogens is 370 g/mol. The van der Waals surface area contributed by atoms with E-state index in [9.17, 15) is 14.4 Å². The van der Waals surface area contributed by atoms with Crippen LogP contribution in [-0.4, -0.2) is 36.1 Å². The van der Waals surface area contributed by atoms with Crippen molar-refractivity contribution in [2.45, 2.75) is 84.0 Å². The third-order valence-corrected chi connectivity index (χ3v) is 4.92. The molecule has 0 saturated heterocycles. The highest BCUT2D eigenvalue weighted by molar-refractivity contribution is 5.92. The second kappa shape index (κ2) is 11.4. The molecule has 0 radical (unpaired) electrons. The van der Waals surface area contributed by atoms with Gasteiger partial charge in [0.1, 0.15) is 0 Å². The molecule has 0 bridgehead atoms. The molecule has 1 aromatic rings. The van der Waals surface area contributed by atoms with Crippen molar-refractivity contribution in [3.63, 3.8) is 0 Å². The summed E-state index contributed by atoms with van der Waals surface area (Å²) >= 11 is 0. The van der Waals surface area contributed by atoms with Crippen molar-refractivity contribution in [3.05, 3.63) is 35.4 Å². The SMILES string of the molecule is CC(C)NC(=O)NCc1ccc(C(=O)O[C@H](C)C(=O)NC2CCCCCC2)cc1. The second-order valence-electron chi connectivity index (χ2n) is 7.92. The summed E-state index contributed by atoms with van der Waals surface area (Å²) in [6.07, 6.45) is 5.80. The van der Waals surface area contributed by atoms with Crippen molar-refractivity contribution < 1.29 is 19.1 Å². The van der Waals surface area contributed by atoms with Crippen LogP contribution in [0.3, 0.4) is 0 Å². The molecule has 1 aromatic carbocycles. The van der Waals surface area contributed by atoms with Crippen molar-refractivity contribution in [2.75, 3.05) is 0 Å². The van der Waals surface area contributed by atoms with Crippen LogP contribution in [0, 0.1) is 0 Å². The normalized spacial score (nSPS) is 15.9. The van der Waals surface area contributed by atoms with Gasteiger partial charge in [0.2, 0.25) is 0 Å². The molecule has 0 unspecified atom stereocenters. The fourth-order valence-electron chi connectivity index (χ4n) is 3.28. The van der Waals surface area contributed by atoms with Crippen molar-refractivity contribution in [2.24, 2.45) is 0 Å². The fraction of sp³-hybridized carbons (Fsp3) is 0.591. The smallest absolute Gasteiger partial charge is 0.338 e. The van der Waals surface area contributed by atoms with E-state index in [1.54, 1.807) is 31.2 Å². The van der Waals surface area contributed by atoms with Gasteiger partial charge in [-0.05, 0) is 51.3 Å². The van der Waals surface area contributed by atoms with E-state index < -0.39 is 12.1 Å². The van der Waals surface area contributed by atoms with E-state index in [1.807, 2.05) is 13.8 Å². The number of benzene rings is 1. The Bertz CT molecular complexity index is 680. The van der Waals surface area contributed by atoms with Gasteiger partial charge in [-0.25, -0.2) is 9.59 Å². The number of urea groups is 1. The summed E-state index contributed by atoms with van der Waals surface area (Å²) in [7, 11) is 0. The quantitative estimate of drug-likeness (QED) is 0.481. The summed E-state index contributed by atoms with van der Waals surface area (Å²) in [5.41, 5.74) is 1.23. The minimum atomic E-state index is -0.841. The maximum Gasteiger partial charge on any atom is 0.338 e. The molecule has 3 N–H and O–H groups in total. The van der Waals surface area contributed by atoms with E-state index in [4.69, 9.17) is 4.74 Å². The molecule has 0 aliphatic heterocycles. The van der Waals surface area contributed by atoms with Gasteiger partial charge >= 0.3 is 12.0 Å².